The highest BCUT2D eigenvalue weighted by atomic mass is 19.4. The van der Waals surface area contributed by atoms with E-state index in [1.807, 2.05) is 0 Å². The summed E-state index contributed by atoms with van der Waals surface area (Å²) in [5, 5.41) is 18.8. The zero-order chi connectivity index (χ0) is 15.3. The summed E-state index contributed by atoms with van der Waals surface area (Å²) in [6.07, 6.45) is -5.75. The molecule has 6 heteroatoms. The van der Waals surface area contributed by atoms with E-state index in [1.165, 1.54) is 12.1 Å². The third-order valence-electron chi connectivity index (χ3n) is 2.76. The van der Waals surface area contributed by atoms with Gasteiger partial charge in [0.2, 0.25) is 0 Å². The highest BCUT2D eigenvalue weighted by molar-refractivity contribution is 5.29. The lowest BCUT2D eigenvalue weighted by Gasteiger charge is -2.26. The molecule has 0 aromatic heterocycles. The van der Waals surface area contributed by atoms with E-state index in [9.17, 15) is 23.4 Å². The molecule has 0 spiro atoms. The topological polar surface area (TPSA) is 43.7 Å². The Bertz CT molecular complexity index is 409. The molecule has 0 saturated heterocycles. The summed E-state index contributed by atoms with van der Waals surface area (Å²) in [5.74, 6) is 0. The molecule has 0 fully saturated rings. The zero-order valence-electron chi connectivity index (χ0n) is 11.6. The first kappa shape index (κ1) is 16.9. The van der Waals surface area contributed by atoms with Gasteiger partial charge in [0.05, 0.1) is 17.8 Å². The van der Waals surface area contributed by atoms with Crippen LogP contribution in [0.5, 0.6) is 0 Å². The van der Waals surface area contributed by atoms with Gasteiger partial charge >= 0.3 is 6.18 Å². The van der Waals surface area contributed by atoms with Gasteiger partial charge in [-0.1, -0.05) is 18.2 Å². The Morgan fingerprint density at radius 3 is 2.00 bits per heavy atom. The first-order valence-electron chi connectivity index (χ1n) is 6.43. The quantitative estimate of drug-likeness (QED) is 0.845. The predicted molar refractivity (Wildman–Crippen MR) is 70.1 cm³/mol. The number of rotatable bonds is 6. The molecular weight excluding hydrogens is 271 g/mol. The van der Waals surface area contributed by atoms with E-state index in [4.69, 9.17) is 0 Å². The van der Waals surface area contributed by atoms with Gasteiger partial charge in [0.25, 0.3) is 0 Å². The average molecular weight is 291 g/mol. The summed E-state index contributed by atoms with van der Waals surface area (Å²) >= 11 is 0. The summed E-state index contributed by atoms with van der Waals surface area (Å²) in [6, 6.07) is 5.35. The molecule has 2 N–H and O–H groups in total. The van der Waals surface area contributed by atoms with Crippen LogP contribution in [0.25, 0.3) is 0 Å². The third-order valence-corrected chi connectivity index (χ3v) is 2.76. The van der Waals surface area contributed by atoms with Crippen LogP contribution in [0.3, 0.4) is 0 Å². The molecule has 1 rings (SSSR count). The number of halogens is 3. The molecule has 0 unspecified atom stereocenters. The lowest BCUT2D eigenvalue weighted by atomic mass is 10.1. The fraction of sp³-hybridized carbons (Fsp3) is 0.571. The average Bonchev–Trinajstić information content (AvgIpc) is 2.26. The first-order valence-corrected chi connectivity index (χ1v) is 6.43. The largest absolute Gasteiger partial charge is 0.416 e. The number of aliphatic hydroxyl groups excluding tert-OH is 2. The fourth-order valence-corrected chi connectivity index (χ4v) is 2.13. The van der Waals surface area contributed by atoms with Gasteiger partial charge in [-0.2, -0.15) is 13.2 Å². The Balaban J connectivity index is 2.93. The third kappa shape index (κ3) is 5.48. The van der Waals surface area contributed by atoms with Gasteiger partial charge in [-0.05, 0) is 25.5 Å². The van der Waals surface area contributed by atoms with E-state index in [1.54, 1.807) is 24.8 Å². The smallest absolute Gasteiger partial charge is 0.392 e. The zero-order valence-corrected chi connectivity index (χ0v) is 11.6. The summed E-state index contributed by atoms with van der Waals surface area (Å²) in [6.45, 7) is 3.56. The highest BCUT2D eigenvalue weighted by Crippen LogP contribution is 2.32. The second-order valence-electron chi connectivity index (χ2n) is 5.05. The van der Waals surface area contributed by atoms with E-state index in [2.05, 4.69) is 0 Å². The van der Waals surface area contributed by atoms with Crippen molar-refractivity contribution in [1.29, 1.82) is 0 Å². The number of hydrogen-bond donors (Lipinski definition) is 2. The predicted octanol–water partition coefficient (Wildman–Crippen LogP) is 2.27. The Morgan fingerprint density at radius 2 is 1.55 bits per heavy atom. The maximum Gasteiger partial charge on any atom is 0.416 e. The normalized spacial score (nSPS) is 15.4. The van der Waals surface area contributed by atoms with Crippen LogP contribution < -0.4 is 0 Å². The van der Waals surface area contributed by atoms with Crippen molar-refractivity contribution in [3.63, 3.8) is 0 Å². The summed E-state index contributed by atoms with van der Waals surface area (Å²) < 4.78 is 38.7. The van der Waals surface area contributed by atoms with Crippen LogP contribution in [-0.2, 0) is 12.7 Å². The molecule has 0 bridgehead atoms. The fourth-order valence-electron chi connectivity index (χ4n) is 2.13. The van der Waals surface area contributed by atoms with E-state index in [-0.39, 0.29) is 25.2 Å². The number of nitrogens with zero attached hydrogens (tertiary/aromatic N) is 1. The van der Waals surface area contributed by atoms with Crippen molar-refractivity contribution in [2.24, 2.45) is 0 Å². The lowest BCUT2D eigenvalue weighted by Crippen LogP contribution is -2.36. The number of alkyl halides is 3. The Morgan fingerprint density at radius 1 is 1.05 bits per heavy atom. The van der Waals surface area contributed by atoms with Crippen LogP contribution >= 0.6 is 0 Å². The van der Waals surface area contributed by atoms with Gasteiger partial charge in [0.1, 0.15) is 0 Å². The lowest BCUT2D eigenvalue weighted by molar-refractivity contribution is -0.138. The molecule has 0 heterocycles. The molecule has 0 aliphatic carbocycles. The number of hydrogen-bond acceptors (Lipinski definition) is 3. The molecule has 20 heavy (non-hydrogen) atoms. The molecule has 1 aromatic rings. The van der Waals surface area contributed by atoms with Crippen LogP contribution in [0.15, 0.2) is 24.3 Å². The summed E-state index contributed by atoms with van der Waals surface area (Å²) in [5.41, 5.74) is -0.539. The Hall–Kier alpha value is -1.11. The molecule has 0 radical (unpaired) electrons. The maximum absolute atomic E-state index is 12.9. The van der Waals surface area contributed by atoms with Crippen LogP contribution in [0.2, 0.25) is 0 Å². The molecule has 1 aromatic carbocycles. The molecule has 2 atom stereocenters. The van der Waals surface area contributed by atoms with Crippen molar-refractivity contribution in [2.45, 2.75) is 38.8 Å². The van der Waals surface area contributed by atoms with Crippen LogP contribution in [0, 0.1) is 0 Å². The van der Waals surface area contributed by atoms with Gasteiger partial charge in [-0.25, -0.2) is 0 Å². The van der Waals surface area contributed by atoms with E-state index >= 15 is 0 Å². The summed E-state index contributed by atoms with van der Waals surface area (Å²) in [4.78, 5) is 1.61. The van der Waals surface area contributed by atoms with Gasteiger partial charge in [0.15, 0.2) is 0 Å². The van der Waals surface area contributed by atoms with E-state index in [0.29, 0.717) is 0 Å². The minimum absolute atomic E-state index is 0.0332. The van der Waals surface area contributed by atoms with Crippen molar-refractivity contribution in [3.8, 4) is 0 Å². The van der Waals surface area contributed by atoms with E-state index < -0.39 is 23.9 Å². The molecule has 3 nitrogen and oxygen atoms in total. The number of benzene rings is 1. The minimum atomic E-state index is -4.40. The molecule has 0 aliphatic heterocycles. The van der Waals surface area contributed by atoms with Gasteiger partial charge in [0, 0.05) is 19.6 Å². The van der Waals surface area contributed by atoms with Crippen LogP contribution in [-0.4, -0.2) is 40.4 Å². The molecule has 0 aliphatic rings. The minimum Gasteiger partial charge on any atom is -0.392 e. The van der Waals surface area contributed by atoms with Crippen LogP contribution in [0.4, 0.5) is 13.2 Å². The van der Waals surface area contributed by atoms with Crippen molar-refractivity contribution in [2.75, 3.05) is 13.1 Å². The summed E-state index contributed by atoms with van der Waals surface area (Å²) in [7, 11) is 0. The van der Waals surface area contributed by atoms with Gasteiger partial charge < -0.3 is 10.2 Å². The monoisotopic (exact) mass is 291 g/mol. The SMILES string of the molecule is C[C@@H](O)CN(Cc1ccccc1C(F)(F)F)C[C@@H](C)O. The second-order valence-corrected chi connectivity index (χ2v) is 5.05. The van der Waals surface area contributed by atoms with Crippen molar-refractivity contribution >= 4 is 0 Å². The Kier molecular flexibility index (Phi) is 5.98. The van der Waals surface area contributed by atoms with Crippen molar-refractivity contribution in [3.05, 3.63) is 35.4 Å². The molecular formula is C14H20F3NO2. The maximum atomic E-state index is 12.9. The van der Waals surface area contributed by atoms with Gasteiger partial charge in [-0.3, -0.25) is 4.90 Å². The van der Waals surface area contributed by atoms with Crippen LogP contribution in [0.1, 0.15) is 25.0 Å². The van der Waals surface area contributed by atoms with Gasteiger partial charge in [-0.15, -0.1) is 0 Å². The molecule has 0 amide bonds. The first-order chi connectivity index (χ1) is 9.20. The molecule has 114 valence electrons. The number of aliphatic hydroxyl groups is 2. The highest BCUT2D eigenvalue weighted by Gasteiger charge is 2.33. The second kappa shape index (κ2) is 7.06. The van der Waals surface area contributed by atoms with Crippen molar-refractivity contribution in [1.82, 2.24) is 4.90 Å². The van der Waals surface area contributed by atoms with Crippen molar-refractivity contribution < 1.29 is 23.4 Å². The van der Waals surface area contributed by atoms with E-state index in [0.717, 1.165) is 6.07 Å². The molecule has 0 saturated carbocycles. The standard InChI is InChI=1S/C14H20F3NO2/c1-10(19)7-18(8-11(2)20)9-12-5-3-4-6-13(12)14(15,16)17/h3-6,10-11,19-20H,7-9H2,1-2H3/t10-,11-/m1/s1. The Labute approximate surface area is 116 Å².